The van der Waals surface area contributed by atoms with Gasteiger partial charge in [0.25, 0.3) is 0 Å². The van der Waals surface area contributed by atoms with E-state index in [2.05, 4.69) is 16.0 Å². The third kappa shape index (κ3) is 14.0. The van der Waals surface area contributed by atoms with E-state index in [1.54, 1.807) is 30.7 Å². The fourth-order valence-electron chi connectivity index (χ4n) is 8.13. The summed E-state index contributed by atoms with van der Waals surface area (Å²) in [5.74, 6) is -2.23. The van der Waals surface area contributed by atoms with Crippen LogP contribution in [0.1, 0.15) is 93.6 Å². The minimum Gasteiger partial charge on any atom is -0.379 e. The van der Waals surface area contributed by atoms with Gasteiger partial charge in [-0.1, -0.05) is 71.4 Å². The van der Waals surface area contributed by atoms with Crippen LogP contribution in [0.5, 0.6) is 0 Å². The number of nitrogens with one attached hydrogen (secondary N) is 3. The number of carbonyl (C=O) groups is 5. The van der Waals surface area contributed by atoms with Gasteiger partial charge in [0.15, 0.2) is 0 Å². The summed E-state index contributed by atoms with van der Waals surface area (Å²) < 4.78 is 12.0. The van der Waals surface area contributed by atoms with E-state index < -0.39 is 59.9 Å². The van der Waals surface area contributed by atoms with E-state index in [0.29, 0.717) is 25.8 Å². The van der Waals surface area contributed by atoms with Crippen molar-refractivity contribution in [1.82, 2.24) is 30.7 Å². The minimum atomic E-state index is -0.992. The van der Waals surface area contributed by atoms with E-state index in [9.17, 15) is 24.0 Å². The Hall–Kier alpha value is -3.59. The molecule has 57 heavy (non-hydrogen) atoms. The van der Waals surface area contributed by atoms with Crippen molar-refractivity contribution < 1.29 is 33.4 Å². The second kappa shape index (κ2) is 22.5. The van der Waals surface area contributed by atoms with E-state index in [4.69, 9.17) is 15.2 Å². The van der Waals surface area contributed by atoms with Crippen LogP contribution in [-0.2, 0) is 39.9 Å². The number of carbonyl (C=O) groups excluding carboxylic acids is 5. The van der Waals surface area contributed by atoms with Gasteiger partial charge in [-0.25, -0.2) is 0 Å². The number of nitrogens with two attached hydrogens (primary N) is 1. The van der Waals surface area contributed by atoms with Gasteiger partial charge in [0.1, 0.15) is 12.1 Å². The first-order valence-electron chi connectivity index (χ1n) is 20.6. The molecule has 0 aromatic heterocycles. The highest BCUT2D eigenvalue weighted by Crippen LogP contribution is 2.29. The molecule has 0 radical (unpaired) electrons. The number of hydrogen-bond donors (Lipinski definition) is 4. The quantitative estimate of drug-likeness (QED) is 0.146. The predicted octanol–water partition coefficient (Wildman–Crippen LogP) is 2.97. The molecule has 14 nitrogen and oxygen atoms in total. The van der Waals surface area contributed by atoms with Crippen molar-refractivity contribution in [1.29, 1.82) is 0 Å². The lowest BCUT2D eigenvalue weighted by Crippen LogP contribution is -2.62. The molecular formula is C43H75N7O7. The summed E-state index contributed by atoms with van der Waals surface area (Å²) in [6.07, 6.45) is 1.01. The average Bonchev–Trinajstić information content (AvgIpc) is 3.62. The van der Waals surface area contributed by atoms with E-state index in [-0.39, 0.29) is 47.8 Å². The highest BCUT2D eigenvalue weighted by Gasteiger charge is 2.43. The number of hydrogen-bond acceptors (Lipinski definition) is 9. The van der Waals surface area contributed by atoms with Crippen LogP contribution in [-0.4, -0.2) is 140 Å². The first-order chi connectivity index (χ1) is 26.6. The van der Waals surface area contributed by atoms with Crippen molar-refractivity contribution >= 4 is 29.5 Å². The molecule has 5 N–H and O–H groups in total. The van der Waals surface area contributed by atoms with Gasteiger partial charge in [0.2, 0.25) is 29.5 Å². The highest BCUT2D eigenvalue weighted by molar-refractivity contribution is 5.91. The second-order valence-electron chi connectivity index (χ2n) is 17.6. The molecule has 0 aliphatic carbocycles. The molecule has 324 valence electrons. The molecule has 0 spiro atoms. The normalized spacial score (nSPS) is 19.5. The second-order valence-corrected chi connectivity index (χ2v) is 17.6. The Labute approximate surface area is 342 Å². The van der Waals surface area contributed by atoms with Crippen molar-refractivity contribution in [2.45, 2.75) is 148 Å². The number of methoxy groups -OCH3 is 2. The van der Waals surface area contributed by atoms with Gasteiger partial charge in [-0.05, 0) is 72.0 Å². The molecule has 1 saturated heterocycles. The molecular weight excluding hydrogens is 727 g/mol. The monoisotopic (exact) mass is 802 g/mol. The molecule has 0 saturated carbocycles. The van der Waals surface area contributed by atoms with Crippen LogP contribution in [0.4, 0.5) is 0 Å². The maximum absolute atomic E-state index is 14.3. The molecule has 10 atom stereocenters. The predicted molar refractivity (Wildman–Crippen MR) is 224 cm³/mol. The number of likely N-dealkylation sites (tertiary alicyclic amines) is 1. The van der Waals surface area contributed by atoms with Gasteiger partial charge in [0.05, 0.1) is 42.7 Å². The molecule has 1 heterocycles. The number of rotatable bonds is 21. The molecule has 0 bridgehead atoms. The molecule has 14 heteroatoms. The first-order valence-corrected chi connectivity index (χ1v) is 20.6. The van der Waals surface area contributed by atoms with Crippen molar-refractivity contribution in [3.63, 3.8) is 0 Å². The number of likely N-dealkylation sites (N-methyl/N-ethyl adjacent to an activating group) is 2. The lowest BCUT2D eigenvalue weighted by atomic mass is 9.89. The maximum atomic E-state index is 14.3. The van der Waals surface area contributed by atoms with Crippen molar-refractivity contribution in [2.75, 3.05) is 41.9 Å². The molecule has 1 aliphatic heterocycles. The average molecular weight is 802 g/mol. The van der Waals surface area contributed by atoms with Crippen molar-refractivity contribution in [3.05, 3.63) is 35.9 Å². The molecule has 1 aromatic carbocycles. The number of amides is 5. The standard InChI is InChI=1S/C43H75N7O7/c1-15-27(4)37(49(12)42(55)35(29(6)44)46-41(54)36(26(2)3)48(10)11)33(56-13)25-34(51)50-23-19-22-32(50)38(57-14)28(5)39(52)45-31(40(53)47-43(7,8)9)24-30-20-17-16-18-21-30/h16-18,20-21,26-29,31-33,35-38H,15,19,22-25,44H2,1-14H3,(H,45,52)(H,46,54)(H,47,53)/t27-,28+,29-,31?,32?,33+,35-,36?,37-,38+/m0/s1. The van der Waals surface area contributed by atoms with Crippen LogP contribution in [0, 0.1) is 17.8 Å². The zero-order valence-corrected chi connectivity index (χ0v) is 37.3. The summed E-state index contributed by atoms with van der Waals surface area (Å²) in [5.41, 5.74) is 6.74. The van der Waals surface area contributed by atoms with Crippen LogP contribution in [0.25, 0.3) is 0 Å². The lowest BCUT2D eigenvalue weighted by molar-refractivity contribution is -0.147. The van der Waals surface area contributed by atoms with Crippen molar-refractivity contribution in [3.8, 4) is 0 Å². The summed E-state index contributed by atoms with van der Waals surface area (Å²) in [5, 5.41) is 8.90. The third-order valence-corrected chi connectivity index (χ3v) is 11.2. The lowest BCUT2D eigenvalue weighted by Gasteiger charge is -2.41. The third-order valence-electron chi connectivity index (χ3n) is 11.2. The van der Waals surface area contributed by atoms with E-state index in [0.717, 1.165) is 12.0 Å². The van der Waals surface area contributed by atoms with E-state index in [1.807, 2.05) is 97.8 Å². The Morgan fingerprint density at radius 2 is 1.53 bits per heavy atom. The topological polar surface area (TPSA) is 176 Å². The molecule has 1 aromatic rings. The highest BCUT2D eigenvalue weighted by atomic mass is 16.5. The van der Waals surface area contributed by atoms with Crippen LogP contribution in [0.15, 0.2) is 30.3 Å². The van der Waals surface area contributed by atoms with Crippen LogP contribution >= 0.6 is 0 Å². The Morgan fingerprint density at radius 1 is 0.912 bits per heavy atom. The largest absolute Gasteiger partial charge is 0.379 e. The van der Waals surface area contributed by atoms with Gasteiger partial charge in [-0.2, -0.15) is 0 Å². The van der Waals surface area contributed by atoms with Gasteiger partial charge in [-0.3, -0.25) is 28.9 Å². The van der Waals surface area contributed by atoms with E-state index >= 15 is 0 Å². The zero-order chi connectivity index (χ0) is 43.4. The summed E-state index contributed by atoms with van der Waals surface area (Å²) in [6, 6.07) is 5.66. The molecule has 1 fully saturated rings. The van der Waals surface area contributed by atoms with Crippen LogP contribution < -0.4 is 21.7 Å². The number of nitrogens with zero attached hydrogens (tertiary/aromatic N) is 3. The first kappa shape index (κ1) is 49.6. The van der Waals surface area contributed by atoms with Gasteiger partial charge < -0.3 is 41.0 Å². The molecule has 3 unspecified atom stereocenters. The smallest absolute Gasteiger partial charge is 0.246 e. The zero-order valence-electron chi connectivity index (χ0n) is 37.3. The van der Waals surface area contributed by atoms with Gasteiger partial charge in [0, 0.05) is 45.8 Å². The number of benzene rings is 1. The van der Waals surface area contributed by atoms with Crippen molar-refractivity contribution in [2.24, 2.45) is 23.5 Å². The minimum absolute atomic E-state index is 0.000660. The SMILES string of the molecule is CC[C@H](C)[C@@H]([C@@H](CC(=O)N1CCCC1[C@H](OC)[C@@H](C)C(=O)NC(Cc1ccccc1)C(=O)NC(C)(C)C)OC)N(C)C(=O)[C@@H](NC(=O)C(C(C)C)N(C)C)[C@H](C)N. The fraction of sp³-hybridized carbons (Fsp3) is 0.744. The van der Waals surface area contributed by atoms with E-state index in [1.165, 1.54) is 14.2 Å². The Balaban J connectivity index is 2.32. The fourth-order valence-corrected chi connectivity index (χ4v) is 8.13. The van der Waals surface area contributed by atoms with Crippen LogP contribution in [0.3, 0.4) is 0 Å². The van der Waals surface area contributed by atoms with Gasteiger partial charge >= 0.3 is 0 Å². The Bertz CT molecular complexity index is 1440. The molecule has 2 rings (SSSR count). The Morgan fingerprint density at radius 3 is 2.02 bits per heavy atom. The number of ether oxygens (including phenoxy) is 2. The molecule has 5 amide bonds. The summed E-state index contributed by atoms with van der Waals surface area (Å²) in [4.78, 5) is 74.4. The van der Waals surface area contributed by atoms with Crippen LogP contribution in [0.2, 0.25) is 0 Å². The maximum Gasteiger partial charge on any atom is 0.246 e. The summed E-state index contributed by atoms with van der Waals surface area (Å²) >= 11 is 0. The molecule has 1 aliphatic rings. The summed E-state index contributed by atoms with van der Waals surface area (Å²) in [6.45, 7) is 17.5. The Kier molecular flexibility index (Phi) is 19.6. The van der Waals surface area contributed by atoms with Gasteiger partial charge in [-0.15, -0.1) is 0 Å². The summed E-state index contributed by atoms with van der Waals surface area (Å²) in [7, 11) is 8.40.